The minimum absolute atomic E-state index is 0.368. The standard InChI is InChI=1S/C6H7NO2/c7-5-2-1-4(3-5)6(8)9/h2-3H,1,7H2,(H,8,9). The number of hydrogen-bond donors (Lipinski definition) is 2. The monoisotopic (exact) mass is 125 g/mol. The molecule has 3 heteroatoms. The summed E-state index contributed by atoms with van der Waals surface area (Å²) in [4.78, 5) is 10.2. The highest BCUT2D eigenvalue weighted by molar-refractivity contribution is 5.88. The lowest BCUT2D eigenvalue weighted by Gasteiger charge is -1.87. The van der Waals surface area contributed by atoms with Gasteiger partial charge in [0.2, 0.25) is 0 Å². The van der Waals surface area contributed by atoms with Gasteiger partial charge in [0.15, 0.2) is 0 Å². The molecule has 0 amide bonds. The number of carboxylic acids is 1. The fourth-order valence-electron chi connectivity index (χ4n) is 0.696. The molecule has 0 unspecified atom stereocenters. The number of allylic oxidation sites excluding steroid dienone is 2. The lowest BCUT2D eigenvalue weighted by atomic mass is 10.2. The van der Waals surface area contributed by atoms with Gasteiger partial charge in [0.1, 0.15) is 0 Å². The first-order chi connectivity index (χ1) is 4.20. The van der Waals surface area contributed by atoms with Crippen molar-refractivity contribution in [1.29, 1.82) is 0 Å². The molecule has 0 aliphatic heterocycles. The molecular formula is C6H7NO2. The van der Waals surface area contributed by atoms with E-state index < -0.39 is 5.97 Å². The van der Waals surface area contributed by atoms with E-state index in [1.54, 1.807) is 6.08 Å². The smallest absolute Gasteiger partial charge is 0.331 e. The molecule has 0 fully saturated rings. The Morgan fingerprint density at radius 2 is 2.44 bits per heavy atom. The highest BCUT2D eigenvalue weighted by atomic mass is 16.4. The first-order valence-corrected chi connectivity index (χ1v) is 2.59. The van der Waals surface area contributed by atoms with E-state index in [1.165, 1.54) is 6.08 Å². The lowest BCUT2D eigenvalue weighted by Crippen LogP contribution is -1.97. The van der Waals surface area contributed by atoms with Gasteiger partial charge in [-0.15, -0.1) is 0 Å². The van der Waals surface area contributed by atoms with Gasteiger partial charge in [-0.05, 0) is 12.5 Å². The van der Waals surface area contributed by atoms with Crippen molar-refractivity contribution in [3.8, 4) is 0 Å². The topological polar surface area (TPSA) is 63.3 Å². The van der Waals surface area contributed by atoms with Crippen LogP contribution in [-0.2, 0) is 4.79 Å². The van der Waals surface area contributed by atoms with Crippen LogP contribution in [0.2, 0.25) is 0 Å². The van der Waals surface area contributed by atoms with Gasteiger partial charge in [0, 0.05) is 11.3 Å². The van der Waals surface area contributed by atoms with Crippen LogP contribution < -0.4 is 5.73 Å². The zero-order chi connectivity index (χ0) is 6.85. The number of hydrogen-bond acceptors (Lipinski definition) is 2. The fraction of sp³-hybridized carbons (Fsp3) is 0.167. The SMILES string of the molecule is NC1=CCC(C(=O)O)=C1. The second-order valence-electron chi connectivity index (χ2n) is 1.88. The molecule has 9 heavy (non-hydrogen) atoms. The summed E-state index contributed by atoms with van der Waals surface area (Å²) in [7, 11) is 0. The van der Waals surface area contributed by atoms with Gasteiger partial charge in [-0.25, -0.2) is 4.79 Å². The summed E-state index contributed by atoms with van der Waals surface area (Å²) in [6, 6.07) is 0. The summed E-state index contributed by atoms with van der Waals surface area (Å²) in [6.07, 6.45) is 3.62. The Morgan fingerprint density at radius 3 is 2.67 bits per heavy atom. The molecule has 0 aromatic rings. The molecule has 3 N–H and O–H groups in total. The van der Waals surface area contributed by atoms with Gasteiger partial charge in [0.25, 0.3) is 0 Å². The van der Waals surface area contributed by atoms with E-state index in [4.69, 9.17) is 10.8 Å². The highest BCUT2D eigenvalue weighted by Crippen LogP contribution is 2.12. The molecule has 0 bridgehead atoms. The highest BCUT2D eigenvalue weighted by Gasteiger charge is 2.09. The molecule has 1 rings (SSSR count). The van der Waals surface area contributed by atoms with Gasteiger partial charge in [-0.2, -0.15) is 0 Å². The molecule has 0 heterocycles. The van der Waals surface area contributed by atoms with Crippen LogP contribution >= 0.6 is 0 Å². The molecule has 1 aliphatic carbocycles. The van der Waals surface area contributed by atoms with Crippen LogP contribution in [0.4, 0.5) is 0 Å². The average molecular weight is 125 g/mol. The van der Waals surface area contributed by atoms with Crippen LogP contribution in [0, 0.1) is 0 Å². The van der Waals surface area contributed by atoms with Crippen molar-refractivity contribution in [1.82, 2.24) is 0 Å². The Hall–Kier alpha value is -1.25. The first-order valence-electron chi connectivity index (χ1n) is 2.59. The predicted octanol–water partition coefficient (Wildman–Crippen LogP) is 0.244. The third-order valence-corrected chi connectivity index (χ3v) is 1.17. The second kappa shape index (κ2) is 1.93. The van der Waals surface area contributed by atoms with E-state index in [2.05, 4.69) is 0 Å². The van der Waals surface area contributed by atoms with Gasteiger partial charge in [0.05, 0.1) is 0 Å². The maximum Gasteiger partial charge on any atom is 0.331 e. The van der Waals surface area contributed by atoms with Crippen molar-refractivity contribution < 1.29 is 9.90 Å². The quantitative estimate of drug-likeness (QED) is 0.527. The van der Waals surface area contributed by atoms with E-state index in [1.807, 2.05) is 0 Å². The Morgan fingerprint density at radius 1 is 1.78 bits per heavy atom. The molecular weight excluding hydrogens is 118 g/mol. The van der Waals surface area contributed by atoms with E-state index in [0.29, 0.717) is 17.7 Å². The minimum atomic E-state index is -0.883. The molecule has 1 aliphatic rings. The van der Waals surface area contributed by atoms with Crippen LogP contribution in [0.15, 0.2) is 23.4 Å². The van der Waals surface area contributed by atoms with Crippen molar-refractivity contribution in [2.75, 3.05) is 0 Å². The third-order valence-electron chi connectivity index (χ3n) is 1.17. The van der Waals surface area contributed by atoms with Crippen molar-refractivity contribution in [2.24, 2.45) is 5.73 Å². The summed E-state index contributed by atoms with van der Waals surface area (Å²) in [5.74, 6) is -0.883. The average Bonchev–Trinajstić information content (AvgIpc) is 2.14. The maximum absolute atomic E-state index is 10.2. The Kier molecular flexibility index (Phi) is 1.26. The van der Waals surface area contributed by atoms with Crippen molar-refractivity contribution >= 4 is 5.97 Å². The molecule has 3 nitrogen and oxygen atoms in total. The van der Waals surface area contributed by atoms with E-state index in [9.17, 15) is 4.79 Å². The van der Waals surface area contributed by atoms with Crippen LogP contribution in [0.25, 0.3) is 0 Å². The Balaban J connectivity index is 2.71. The molecule has 0 aromatic heterocycles. The number of rotatable bonds is 1. The third kappa shape index (κ3) is 1.10. The van der Waals surface area contributed by atoms with E-state index in [0.717, 1.165) is 0 Å². The maximum atomic E-state index is 10.2. The molecule has 0 spiro atoms. The normalized spacial score (nSPS) is 16.9. The molecule has 48 valence electrons. The van der Waals surface area contributed by atoms with Crippen molar-refractivity contribution in [3.63, 3.8) is 0 Å². The van der Waals surface area contributed by atoms with Crippen LogP contribution in [0.5, 0.6) is 0 Å². The number of carbonyl (C=O) groups is 1. The summed E-state index contributed by atoms with van der Waals surface area (Å²) in [6.45, 7) is 0. The zero-order valence-electron chi connectivity index (χ0n) is 4.79. The van der Waals surface area contributed by atoms with E-state index in [-0.39, 0.29) is 0 Å². The van der Waals surface area contributed by atoms with Gasteiger partial charge >= 0.3 is 5.97 Å². The summed E-state index contributed by atoms with van der Waals surface area (Å²) in [5.41, 5.74) is 6.20. The predicted molar refractivity (Wildman–Crippen MR) is 32.6 cm³/mol. The van der Waals surface area contributed by atoms with Crippen molar-refractivity contribution in [3.05, 3.63) is 23.4 Å². The van der Waals surface area contributed by atoms with Gasteiger partial charge in [-0.1, -0.05) is 6.08 Å². The second-order valence-corrected chi connectivity index (χ2v) is 1.88. The summed E-state index contributed by atoms with van der Waals surface area (Å²) < 4.78 is 0. The summed E-state index contributed by atoms with van der Waals surface area (Å²) in [5, 5.41) is 8.37. The molecule has 0 aromatic carbocycles. The fourth-order valence-corrected chi connectivity index (χ4v) is 0.696. The Labute approximate surface area is 52.5 Å². The van der Waals surface area contributed by atoms with Crippen molar-refractivity contribution in [2.45, 2.75) is 6.42 Å². The molecule has 0 saturated carbocycles. The van der Waals surface area contributed by atoms with Crippen LogP contribution in [0.3, 0.4) is 0 Å². The van der Waals surface area contributed by atoms with Crippen LogP contribution in [-0.4, -0.2) is 11.1 Å². The first kappa shape index (κ1) is 5.88. The lowest BCUT2D eigenvalue weighted by molar-refractivity contribution is -0.132. The van der Waals surface area contributed by atoms with Gasteiger partial charge in [-0.3, -0.25) is 0 Å². The van der Waals surface area contributed by atoms with Crippen LogP contribution in [0.1, 0.15) is 6.42 Å². The number of aliphatic carboxylic acids is 1. The Bertz CT molecular complexity index is 203. The number of nitrogens with two attached hydrogens (primary N) is 1. The number of carboxylic acid groups (broad SMARTS) is 1. The largest absolute Gasteiger partial charge is 0.478 e. The summed E-state index contributed by atoms with van der Waals surface area (Å²) >= 11 is 0. The molecule has 0 radical (unpaired) electrons. The zero-order valence-corrected chi connectivity index (χ0v) is 4.79. The van der Waals surface area contributed by atoms with E-state index >= 15 is 0 Å². The minimum Gasteiger partial charge on any atom is -0.478 e. The van der Waals surface area contributed by atoms with Gasteiger partial charge < -0.3 is 10.8 Å². The molecule has 0 saturated heterocycles. The molecule has 0 atom stereocenters.